The molecule has 0 unspecified atom stereocenters. The Bertz CT molecular complexity index is 445. The van der Waals surface area contributed by atoms with Gasteiger partial charge in [-0.1, -0.05) is 18.2 Å². The minimum Gasteiger partial charge on any atom is -0.339 e. The molecule has 2 aliphatic rings. The summed E-state index contributed by atoms with van der Waals surface area (Å²) in [6, 6.07) is 7.83. The van der Waals surface area contributed by atoms with Crippen LogP contribution in [0, 0.1) is 0 Å². The first-order valence-electron chi connectivity index (χ1n) is 6.38. The van der Waals surface area contributed by atoms with Crippen molar-refractivity contribution in [3.8, 4) is 0 Å². The Labute approximate surface area is 102 Å². The van der Waals surface area contributed by atoms with E-state index >= 15 is 0 Å². The Hall–Kier alpha value is -1.35. The summed E-state index contributed by atoms with van der Waals surface area (Å²) < 4.78 is 0. The van der Waals surface area contributed by atoms with Crippen molar-refractivity contribution in [3.05, 3.63) is 35.4 Å². The van der Waals surface area contributed by atoms with Gasteiger partial charge in [-0.3, -0.25) is 4.79 Å². The van der Waals surface area contributed by atoms with Gasteiger partial charge in [-0.15, -0.1) is 0 Å². The average Bonchev–Trinajstić information content (AvgIpc) is 2.91. The van der Waals surface area contributed by atoms with Crippen molar-refractivity contribution < 1.29 is 4.79 Å². The Morgan fingerprint density at radius 3 is 2.47 bits per heavy atom. The van der Waals surface area contributed by atoms with Crippen LogP contribution < -0.4 is 5.73 Å². The van der Waals surface area contributed by atoms with E-state index in [1.807, 2.05) is 29.2 Å². The van der Waals surface area contributed by atoms with Crippen LogP contribution in [-0.4, -0.2) is 23.9 Å². The van der Waals surface area contributed by atoms with Crippen LogP contribution in [0.4, 0.5) is 0 Å². The van der Waals surface area contributed by atoms with E-state index in [4.69, 9.17) is 5.73 Å². The molecule has 0 bridgehead atoms. The molecule has 2 fully saturated rings. The van der Waals surface area contributed by atoms with Gasteiger partial charge in [-0.2, -0.15) is 0 Å². The molecule has 3 nitrogen and oxygen atoms in total. The summed E-state index contributed by atoms with van der Waals surface area (Å²) in [5, 5.41) is 0. The number of carbonyl (C=O) groups is 1. The van der Waals surface area contributed by atoms with Gasteiger partial charge >= 0.3 is 0 Å². The van der Waals surface area contributed by atoms with E-state index in [2.05, 4.69) is 0 Å². The monoisotopic (exact) mass is 230 g/mol. The molecule has 2 N–H and O–H groups in total. The number of hydrogen-bond acceptors (Lipinski definition) is 2. The van der Waals surface area contributed by atoms with Crippen molar-refractivity contribution in [1.29, 1.82) is 0 Å². The van der Waals surface area contributed by atoms with Crippen molar-refractivity contribution in [2.75, 3.05) is 13.1 Å². The Morgan fingerprint density at radius 1 is 1.18 bits per heavy atom. The molecule has 0 atom stereocenters. The van der Waals surface area contributed by atoms with Gasteiger partial charge in [0.25, 0.3) is 5.91 Å². The van der Waals surface area contributed by atoms with Crippen molar-refractivity contribution in [1.82, 2.24) is 4.90 Å². The molecule has 1 aromatic carbocycles. The van der Waals surface area contributed by atoms with Crippen molar-refractivity contribution in [2.45, 2.75) is 31.2 Å². The molecule has 3 rings (SSSR count). The molecule has 1 aliphatic heterocycles. The van der Waals surface area contributed by atoms with Crippen LogP contribution >= 0.6 is 0 Å². The number of nitrogens with zero attached hydrogens (tertiary/aromatic N) is 1. The van der Waals surface area contributed by atoms with Crippen LogP contribution in [0.5, 0.6) is 0 Å². The minimum atomic E-state index is -0.230. The third kappa shape index (κ3) is 1.84. The third-order valence-electron chi connectivity index (χ3n) is 3.88. The lowest BCUT2D eigenvalue weighted by Gasteiger charge is -2.20. The molecule has 1 aliphatic carbocycles. The maximum Gasteiger partial charge on any atom is 0.254 e. The molecular formula is C14H18N2O. The van der Waals surface area contributed by atoms with Gasteiger partial charge in [0.15, 0.2) is 0 Å². The predicted molar refractivity (Wildman–Crippen MR) is 66.7 cm³/mol. The summed E-state index contributed by atoms with van der Waals surface area (Å²) in [5.41, 5.74) is 7.86. The fraction of sp³-hybridized carbons (Fsp3) is 0.500. The van der Waals surface area contributed by atoms with E-state index in [-0.39, 0.29) is 11.4 Å². The van der Waals surface area contributed by atoms with Gasteiger partial charge < -0.3 is 10.6 Å². The second kappa shape index (κ2) is 3.84. The highest BCUT2D eigenvalue weighted by Crippen LogP contribution is 2.44. The quantitative estimate of drug-likeness (QED) is 0.843. The molecule has 90 valence electrons. The number of hydrogen-bond donors (Lipinski definition) is 1. The topological polar surface area (TPSA) is 46.3 Å². The predicted octanol–water partition coefficient (Wildman–Crippen LogP) is 1.87. The molecule has 1 amide bonds. The van der Waals surface area contributed by atoms with Gasteiger partial charge in [-0.05, 0) is 37.3 Å². The first-order valence-corrected chi connectivity index (χ1v) is 6.38. The van der Waals surface area contributed by atoms with Crippen LogP contribution in [0.25, 0.3) is 0 Å². The van der Waals surface area contributed by atoms with E-state index in [1.54, 1.807) is 0 Å². The van der Waals surface area contributed by atoms with Crippen molar-refractivity contribution in [3.63, 3.8) is 0 Å². The summed E-state index contributed by atoms with van der Waals surface area (Å²) in [6.45, 7) is 1.79. The highest BCUT2D eigenvalue weighted by atomic mass is 16.2. The normalized spacial score (nSPS) is 21.6. The first kappa shape index (κ1) is 10.8. The standard InChI is InChI=1S/C14H18N2O/c15-14(7-8-14)12-6-2-1-5-11(12)13(17)16-9-3-4-10-16/h1-2,5-6H,3-4,7-10,15H2. The molecule has 0 aromatic heterocycles. The highest BCUT2D eigenvalue weighted by Gasteiger charge is 2.42. The summed E-state index contributed by atoms with van der Waals surface area (Å²) in [5.74, 6) is 0.162. The van der Waals surface area contributed by atoms with Crippen molar-refractivity contribution in [2.24, 2.45) is 5.73 Å². The van der Waals surface area contributed by atoms with Crippen LogP contribution in [-0.2, 0) is 5.54 Å². The molecule has 1 saturated heterocycles. The maximum absolute atomic E-state index is 12.4. The second-order valence-corrected chi connectivity index (χ2v) is 5.20. The van der Waals surface area contributed by atoms with E-state index in [0.717, 1.165) is 49.9 Å². The fourth-order valence-electron chi connectivity index (χ4n) is 2.60. The minimum absolute atomic E-state index is 0.162. The second-order valence-electron chi connectivity index (χ2n) is 5.20. The number of rotatable bonds is 2. The average molecular weight is 230 g/mol. The molecule has 17 heavy (non-hydrogen) atoms. The molecule has 0 spiro atoms. The van der Waals surface area contributed by atoms with Gasteiger partial charge in [0.2, 0.25) is 0 Å². The number of amides is 1. The number of nitrogens with two attached hydrogens (primary N) is 1. The Morgan fingerprint density at radius 2 is 1.82 bits per heavy atom. The van der Waals surface area contributed by atoms with Crippen LogP contribution in [0.3, 0.4) is 0 Å². The SMILES string of the molecule is NC1(c2ccccc2C(=O)N2CCCC2)CC1. The lowest BCUT2D eigenvalue weighted by molar-refractivity contribution is 0.0791. The molecular weight excluding hydrogens is 212 g/mol. The smallest absolute Gasteiger partial charge is 0.254 e. The van der Waals surface area contributed by atoms with E-state index < -0.39 is 0 Å². The molecule has 1 saturated carbocycles. The van der Waals surface area contributed by atoms with E-state index in [9.17, 15) is 4.79 Å². The van der Waals surface area contributed by atoms with E-state index in [1.165, 1.54) is 0 Å². The van der Waals surface area contributed by atoms with Gasteiger partial charge in [0.05, 0.1) is 0 Å². The van der Waals surface area contributed by atoms with Gasteiger partial charge in [0.1, 0.15) is 0 Å². The van der Waals surface area contributed by atoms with Crippen LogP contribution in [0.15, 0.2) is 24.3 Å². The summed E-state index contributed by atoms with van der Waals surface area (Å²) in [6.07, 6.45) is 4.25. The molecule has 1 heterocycles. The zero-order valence-corrected chi connectivity index (χ0v) is 9.98. The number of likely N-dealkylation sites (tertiary alicyclic amines) is 1. The Kier molecular flexibility index (Phi) is 2.44. The van der Waals surface area contributed by atoms with Crippen LogP contribution in [0.1, 0.15) is 41.6 Å². The lowest BCUT2D eigenvalue weighted by Crippen LogP contribution is -2.31. The first-order chi connectivity index (χ1) is 8.21. The van der Waals surface area contributed by atoms with Crippen molar-refractivity contribution >= 4 is 5.91 Å². The third-order valence-corrected chi connectivity index (χ3v) is 3.88. The fourth-order valence-corrected chi connectivity index (χ4v) is 2.60. The van der Waals surface area contributed by atoms with E-state index in [0.29, 0.717) is 0 Å². The number of benzene rings is 1. The summed E-state index contributed by atoms with van der Waals surface area (Å²) in [7, 11) is 0. The lowest BCUT2D eigenvalue weighted by atomic mass is 9.98. The zero-order valence-electron chi connectivity index (χ0n) is 9.98. The summed E-state index contributed by atoms with van der Waals surface area (Å²) in [4.78, 5) is 14.4. The highest BCUT2D eigenvalue weighted by molar-refractivity contribution is 5.96. The number of carbonyl (C=O) groups excluding carboxylic acids is 1. The maximum atomic E-state index is 12.4. The Balaban J connectivity index is 1.94. The largest absolute Gasteiger partial charge is 0.339 e. The molecule has 1 aromatic rings. The zero-order chi connectivity index (χ0) is 11.9. The summed E-state index contributed by atoms with van der Waals surface area (Å²) >= 11 is 0. The van der Waals surface area contributed by atoms with Crippen LogP contribution in [0.2, 0.25) is 0 Å². The van der Waals surface area contributed by atoms with Gasteiger partial charge in [0, 0.05) is 24.2 Å². The molecule has 0 radical (unpaired) electrons. The molecule has 3 heteroatoms. The van der Waals surface area contributed by atoms with Gasteiger partial charge in [-0.25, -0.2) is 0 Å².